The molecule has 0 spiro atoms. The minimum absolute atomic E-state index is 0.345. The molecule has 0 aromatic carbocycles. The van der Waals surface area contributed by atoms with Crippen LogP contribution < -0.4 is 0 Å². The average molecular weight is 293 g/mol. The maximum atomic E-state index is 11.6. The molecule has 1 aromatic heterocycles. The Morgan fingerprint density at radius 3 is 2.67 bits per heavy atom. The molecular formula is C10H11BrClNO2. The molecule has 0 aliphatic carbocycles. The normalized spacial score (nSPS) is 10.2. The summed E-state index contributed by atoms with van der Waals surface area (Å²) in [5.74, 6) is -0.364. The summed E-state index contributed by atoms with van der Waals surface area (Å²) in [7, 11) is 0. The zero-order valence-electron chi connectivity index (χ0n) is 8.73. The Labute approximate surface area is 102 Å². The summed E-state index contributed by atoms with van der Waals surface area (Å²) in [6.45, 7) is 5.65. The van der Waals surface area contributed by atoms with E-state index in [4.69, 9.17) is 16.3 Å². The molecule has 0 unspecified atom stereocenters. The molecule has 0 bridgehead atoms. The number of pyridine rings is 1. The average Bonchev–Trinajstić information content (AvgIpc) is 2.15. The first-order chi connectivity index (χ1) is 6.99. The molecule has 0 atom stereocenters. The smallest absolute Gasteiger partial charge is 0.340 e. The van der Waals surface area contributed by atoms with Crippen molar-refractivity contribution in [3.63, 3.8) is 0 Å². The highest BCUT2D eigenvalue weighted by molar-refractivity contribution is 9.10. The number of rotatable bonds is 2. The molecule has 0 N–H and O–H groups in total. The number of ether oxygens (including phenoxy) is 1. The topological polar surface area (TPSA) is 39.2 Å². The van der Waals surface area contributed by atoms with Gasteiger partial charge in [-0.25, -0.2) is 9.78 Å². The maximum absolute atomic E-state index is 11.6. The van der Waals surface area contributed by atoms with Crippen molar-refractivity contribution in [2.24, 2.45) is 0 Å². The van der Waals surface area contributed by atoms with Crippen LogP contribution in [-0.4, -0.2) is 17.6 Å². The van der Waals surface area contributed by atoms with Crippen LogP contribution in [0.3, 0.4) is 0 Å². The second kappa shape index (κ2) is 4.94. The van der Waals surface area contributed by atoms with Gasteiger partial charge in [-0.05, 0) is 42.3 Å². The van der Waals surface area contributed by atoms with E-state index in [2.05, 4.69) is 20.9 Å². The van der Waals surface area contributed by atoms with Crippen LogP contribution in [-0.2, 0) is 4.74 Å². The van der Waals surface area contributed by atoms with Gasteiger partial charge < -0.3 is 4.74 Å². The van der Waals surface area contributed by atoms with Gasteiger partial charge in [-0.1, -0.05) is 11.6 Å². The van der Waals surface area contributed by atoms with Gasteiger partial charge in [0.05, 0.1) is 22.3 Å². The highest BCUT2D eigenvalue weighted by Gasteiger charge is 2.18. The molecule has 0 radical (unpaired) electrons. The number of hydrogen-bond donors (Lipinski definition) is 0. The van der Waals surface area contributed by atoms with Gasteiger partial charge in [0.2, 0.25) is 0 Å². The maximum Gasteiger partial charge on any atom is 0.340 e. The lowest BCUT2D eigenvalue weighted by Gasteiger charge is -2.10. The zero-order valence-corrected chi connectivity index (χ0v) is 11.1. The lowest BCUT2D eigenvalue weighted by atomic mass is 10.1. The SMILES string of the molecule is CCOC(=O)c1c(C)nc(Cl)c(Br)c1C. The minimum Gasteiger partial charge on any atom is -0.462 e. The van der Waals surface area contributed by atoms with Crippen molar-refractivity contribution in [1.29, 1.82) is 0 Å². The lowest BCUT2D eigenvalue weighted by Crippen LogP contribution is -2.10. The van der Waals surface area contributed by atoms with E-state index in [1.807, 2.05) is 0 Å². The van der Waals surface area contributed by atoms with Gasteiger partial charge >= 0.3 is 5.97 Å². The third-order valence-electron chi connectivity index (χ3n) is 1.99. The van der Waals surface area contributed by atoms with Gasteiger partial charge in [-0.3, -0.25) is 0 Å². The fourth-order valence-corrected chi connectivity index (χ4v) is 1.85. The molecule has 1 rings (SSSR count). The van der Waals surface area contributed by atoms with Crippen molar-refractivity contribution in [3.05, 3.63) is 26.4 Å². The van der Waals surface area contributed by atoms with Gasteiger partial charge in [0.15, 0.2) is 0 Å². The Morgan fingerprint density at radius 1 is 1.53 bits per heavy atom. The lowest BCUT2D eigenvalue weighted by molar-refractivity contribution is 0.0524. The highest BCUT2D eigenvalue weighted by atomic mass is 79.9. The van der Waals surface area contributed by atoms with E-state index in [-0.39, 0.29) is 5.97 Å². The molecule has 3 nitrogen and oxygen atoms in total. The molecule has 15 heavy (non-hydrogen) atoms. The number of aryl methyl sites for hydroxylation is 1. The summed E-state index contributed by atoms with van der Waals surface area (Å²) < 4.78 is 5.58. The first-order valence-electron chi connectivity index (χ1n) is 4.48. The van der Waals surface area contributed by atoms with Crippen LogP contribution in [0.25, 0.3) is 0 Å². The summed E-state index contributed by atoms with van der Waals surface area (Å²) in [6.07, 6.45) is 0. The second-order valence-electron chi connectivity index (χ2n) is 3.02. The number of hydrogen-bond acceptors (Lipinski definition) is 3. The first kappa shape index (κ1) is 12.5. The van der Waals surface area contributed by atoms with Gasteiger partial charge in [0.25, 0.3) is 0 Å². The van der Waals surface area contributed by atoms with Crippen LogP contribution in [0.4, 0.5) is 0 Å². The fraction of sp³-hybridized carbons (Fsp3) is 0.400. The first-order valence-corrected chi connectivity index (χ1v) is 5.65. The Kier molecular flexibility index (Phi) is 4.11. The van der Waals surface area contributed by atoms with Gasteiger partial charge in [-0.15, -0.1) is 0 Å². The van der Waals surface area contributed by atoms with Gasteiger partial charge in [-0.2, -0.15) is 0 Å². The molecule has 0 fully saturated rings. The standard InChI is InChI=1S/C10H11BrClNO2/c1-4-15-10(14)7-5(2)8(11)9(12)13-6(7)3/h4H2,1-3H3. The fourth-order valence-electron chi connectivity index (χ4n) is 1.29. The van der Waals surface area contributed by atoms with Crippen molar-refractivity contribution in [2.75, 3.05) is 6.61 Å². The summed E-state index contributed by atoms with van der Waals surface area (Å²) in [6, 6.07) is 0. The molecule has 5 heteroatoms. The van der Waals surface area contributed by atoms with Crippen molar-refractivity contribution < 1.29 is 9.53 Å². The molecule has 82 valence electrons. The largest absolute Gasteiger partial charge is 0.462 e. The number of halogens is 2. The molecule has 0 aliphatic heterocycles. The molecule has 0 saturated carbocycles. The molecule has 1 heterocycles. The molecule has 1 aromatic rings. The highest BCUT2D eigenvalue weighted by Crippen LogP contribution is 2.28. The molecular weight excluding hydrogens is 281 g/mol. The van der Waals surface area contributed by atoms with Crippen molar-refractivity contribution in [2.45, 2.75) is 20.8 Å². The minimum atomic E-state index is -0.364. The monoisotopic (exact) mass is 291 g/mol. The molecule has 0 amide bonds. The van der Waals surface area contributed by atoms with E-state index in [0.717, 1.165) is 5.56 Å². The predicted octanol–water partition coefficient (Wildman–Crippen LogP) is 3.29. The van der Waals surface area contributed by atoms with E-state index in [1.165, 1.54) is 0 Å². The number of esters is 1. The van der Waals surface area contributed by atoms with Crippen molar-refractivity contribution in [3.8, 4) is 0 Å². The zero-order chi connectivity index (χ0) is 11.6. The van der Waals surface area contributed by atoms with Crippen LogP contribution in [0.15, 0.2) is 4.47 Å². The molecule has 0 saturated heterocycles. The quantitative estimate of drug-likeness (QED) is 0.620. The summed E-state index contributed by atoms with van der Waals surface area (Å²) >= 11 is 9.14. The Morgan fingerprint density at radius 2 is 2.13 bits per heavy atom. The van der Waals surface area contributed by atoms with Crippen LogP contribution in [0.2, 0.25) is 5.15 Å². The van der Waals surface area contributed by atoms with E-state index < -0.39 is 0 Å². The summed E-state index contributed by atoms with van der Waals surface area (Å²) in [5, 5.41) is 0.359. The van der Waals surface area contributed by atoms with E-state index in [9.17, 15) is 4.79 Å². The van der Waals surface area contributed by atoms with E-state index in [0.29, 0.717) is 27.5 Å². The van der Waals surface area contributed by atoms with Crippen molar-refractivity contribution in [1.82, 2.24) is 4.98 Å². The van der Waals surface area contributed by atoms with Crippen LogP contribution >= 0.6 is 27.5 Å². The third-order valence-corrected chi connectivity index (χ3v) is 3.46. The summed E-state index contributed by atoms with van der Waals surface area (Å²) in [5.41, 5.74) is 1.82. The summed E-state index contributed by atoms with van der Waals surface area (Å²) in [4.78, 5) is 15.7. The number of carbonyl (C=O) groups excluding carboxylic acids is 1. The van der Waals surface area contributed by atoms with Crippen LogP contribution in [0.5, 0.6) is 0 Å². The predicted molar refractivity (Wildman–Crippen MR) is 62.4 cm³/mol. The Bertz CT molecular complexity index is 407. The van der Waals surface area contributed by atoms with E-state index >= 15 is 0 Å². The number of carbonyl (C=O) groups is 1. The third kappa shape index (κ3) is 2.49. The van der Waals surface area contributed by atoms with Gasteiger partial charge in [0, 0.05) is 0 Å². The number of aromatic nitrogens is 1. The second-order valence-corrected chi connectivity index (χ2v) is 4.17. The Balaban J connectivity index is 3.29. The van der Waals surface area contributed by atoms with Crippen LogP contribution in [0, 0.1) is 13.8 Å². The van der Waals surface area contributed by atoms with Crippen molar-refractivity contribution >= 4 is 33.5 Å². The number of nitrogens with zero attached hydrogens (tertiary/aromatic N) is 1. The van der Waals surface area contributed by atoms with Crippen LogP contribution in [0.1, 0.15) is 28.5 Å². The molecule has 0 aliphatic rings. The van der Waals surface area contributed by atoms with Gasteiger partial charge in [0.1, 0.15) is 5.15 Å². The Hall–Kier alpha value is -0.610. The van der Waals surface area contributed by atoms with E-state index in [1.54, 1.807) is 20.8 Å².